The molecule has 0 unspecified atom stereocenters. The number of carbonyl (C=O) groups excluding carboxylic acids is 2. The van der Waals surface area contributed by atoms with Crippen LogP contribution in [0, 0.1) is 0 Å². The lowest BCUT2D eigenvalue weighted by Crippen LogP contribution is -2.31. The lowest BCUT2D eigenvalue weighted by atomic mass is 9.95. The summed E-state index contributed by atoms with van der Waals surface area (Å²) in [6, 6.07) is 13.7. The maximum atomic E-state index is 14.2. The largest absolute Gasteiger partial charge is 0.493 e. The van der Waals surface area contributed by atoms with Gasteiger partial charge in [-0.2, -0.15) is 0 Å². The number of hydrogen-bond acceptors (Lipinski definition) is 9. The number of carbonyl (C=O) groups is 2. The molecule has 0 radical (unpaired) electrons. The molecule has 0 aliphatic carbocycles. The minimum Gasteiger partial charge on any atom is -0.493 e. The second-order valence-electron chi connectivity index (χ2n) is 9.31. The highest BCUT2D eigenvalue weighted by atomic mass is 16.5. The van der Waals surface area contributed by atoms with Gasteiger partial charge in [0.2, 0.25) is 5.75 Å². The summed E-state index contributed by atoms with van der Waals surface area (Å²) >= 11 is 0. The van der Waals surface area contributed by atoms with Gasteiger partial charge in [-0.3, -0.25) is 14.5 Å². The summed E-state index contributed by atoms with van der Waals surface area (Å²) < 4.78 is 39.3. The third-order valence-corrected chi connectivity index (χ3v) is 6.82. The maximum absolute atomic E-state index is 14.2. The summed E-state index contributed by atoms with van der Waals surface area (Å²) in [5.74, 6) is 2.32. The molecular weight excluding hydrogens is 554 g/mol. The molecule has 1 aliphatic rings. The van der Waals surface area contributed by atoms with Gasteiger partial charge in [0.05, 0.1) is 66.0 Å². The van der Waals surface area contributed by atoms with Crippen molar-refractivity contribution >= 4 is 23.0 Å². The Morgan fingerprint density at radius 2 is 0.953 bits per heavy atom. The van der Waals surface area contributed by atoms with E-state index in [9.17, 15) is 9.59 Å². The normalized spacial score (nSPS) is 12.9. The number of rotatable bonds is 14. The average molecular weight is 592 g/mol. The van der Waals surface area contributed by atoms with Crippen LogP contribution in [0.5, 0.6) is 40.2 Å². The highest BCUT2D eigenvalue weighted by Gasteiger charge is 2.40. The first-order valence-corrected chi connectivity index (χ1v) is 14.0. The molecule has 43 heavy (non-hydrogen) atoms. The number of hydrogen-bond donors (Lipinski definition) is 0. The van der Waals surface area contributed by atoms with Crippen molar-refractivity contribution in [3.05, 3.63) is 65.2 Å². The van der Waals surface area contributed by atoms with Crippen molar-refractivity contribution in [2.75, 3.05) is 48.3 Å². The molecule has 228 valence electrons. The topological polar surface area (TPSA) is 102 Å². The van der Waals surface area contributed by atoms with Crippen LogP contribution in [0.3, 0.4) is 0 Å². The van der Waals surface area contributed by atoms with Crippen LogP contribution in [0.25, 0.3) is 11.1 Å². The molecular formula is C33H37NO9. The molecule has 4 rings (SSSR count). The van der Waals surface area contributed by atoms with Gasteiger partial charge in [-0.1, -0.05) is 12.1 Å². The van der Waals surface area contributed by atoms with Crippen LogP contribution in [0.2, 0.25) is 0 Å². The van der Waals surface area contributed by atoms with E-state index in [1.54, 1.807) is 48.5 Å². The van der Waals surface area contributed by atoms with Gasteiger partial charge in [0.25, 0.3) is 11.8 Å². The SMILES string of the molecule is CCOc1cc(CN2C(=O)C(c3ccc(OC)c(OC)c3)=C(c3ccc(OC)c(OC)c3)C2=O)cc(OCC)c1OCC. The van der Waals surface area contributed by atoms with E-state index in [0.29, 0.717) is 76.8 Å². The van der Waals surface area contributed by atoms with E-state index >= 15 is 0 Å². The highest BCUT2D eigenvalue weighted by molar-refractivity contribution is 6.49. The van der Waals surface area contributed by atoms with E-state index in [4.69, 9.17) is 33.2 Å². The van der Waals surface area contributed by atoms with Gasteiger partial charge in [0.15, 0.2) is 34.5 Å². The zero-order chi connectivity index (χ0) is 31.1. The van der Waals surface area contributed by atoms with Gasteiger partial charge in [-0.15, -0.1) is 0 Å². The number of methoxy groups -OCH3 is 4. The van der Waals surface area contributed by atoms with Gasteiger partial charge in [0.1, 0.15) is 0 Å². The average Bonchev–Trinajstić information content (AvgIpc) is 3.26. The number of benzene rings is 3. The number of nitrogens with zero attached hydrogens (tertiary/aromatic N) is 1. The standard InChI is InChI=1S/C33H37NO9/c1-8-41-27-15-20(16-28(42-9-2)31(27)43-10-3)19-34-32(35)29(21-11-13-23(37-4)25(17-21)39-6)30(33(34)36)22-12-14-24(38-5)26(18-22)40-7/h11-18H,8-10,19H2,1-7H3. The first-order chi connectivity index (χ1) is 20.8. The van der Waals surface area contributed by atoms with Crippen LogP contribution in [0.15, 0.2) is 48.5 Å². The fourth-order valence-corrected chi connectivity index (χ4v) is 4.96. The van der Waals surface area contributed by atoms with E-state index in [2.05, 4.69) is 0 Å². The van der Waals surface area contributed by atoms with Crippen LogP contribution < -0.4 is 33.2 Å². The van der Waals surface area contributed by atoms with Crippen LogP contribution in [-0.4, -0.2) is 65.0 Å². The van der Waals surface area contributed by atoms with E-state index < -0.39 is 11.8 Å². The Balaban J connectivity index is 1.85. The zero-order valence-electron chi connectivity index (χ0n) is 25.6. The Labute approximate surface area is 251 Å². The minimum absolute atomic E-state index is 0.0300. The molecule has 3 aromatic carbocycles. The summed E-state index contributed by atoms with van der Waals surface area (Å²) in [5, 5.41) is 0. The van der Waals surface area contributed by atoms with E-state index in [-0.39, 0.29) is 17.7 Å². The summed E-state index contributed by atoms with van der Waals surface area (Å²) in [4.78, 5) is 29.5. The molecule has 10 heteroatoms. The second kappa shape index (κ2) is 13.9. The van der Waals surface area contributed by atoms with Crippen LogP contribution in [0.1, 0.15) is 37.5 Å². The van der Waals surface area contributed by atoms with Gasteiger partial charge >= 0.3 is 0 Å². The molecule has 1 heterocycles. The monoisotopic (exact) mass is 591 g/mol. The summed E-state index contributed by atoms with van der Waals surface area (Å²) in [6.45, 7) is 6.78. The third-order valence-electron chi connectivity index (χ3n) is 6.82. The molecule has 0 fully saturated rings. The minimum atomic E-state index is -0.466. The molecule has 1 aliphatic heterocycles. The molecule has 3 aromatic rings. The Hall–Kier alpha value is -4.86. The number of amides is 2. The molecule has 10 nitrogen and oxygen atoms in total. The predicted octanol–water partition coefficient (Wildman–Crippen LogP) is 5.40. The molecule has 0 saturated carbocycles. The van der Waals surface area contributed by atoms with Crippen molar-refractivity contribution in [1.82, 2.24) is 4.90 Å². The van der Waals surface area contributed by atoms with Crippen molar-refractivity contribution < 1.29 is 42.7 Å². The molecule has 0 spiro atoms. The quantitative estimate of drug-likeness (QED) is 0.228. The molecule has 0 N–H and O–H groups in total. The van der Waals surface area contributed by atoms with Crippen LogP contribution in [0.4, 0.5) is 0 Å². The lowest BCUT2D eigenvalue weighted by Gasteiger charge is -2.20. The molecule has 2 amide bonds. The smallest absolute Gasteiger partial charge is 0.262 e. The molecule has 0 aromatic heterocycles. The Bertz CT molecular complexity index is 1420. The summed E-state index contributed by atoms with van der Waals surface area (Å²) in [5.41, 5.74) is 2.08. The Kier molecular flexibility index (Phi) is 10.0. The van der Waals surface area contributed by atoms with Gasteiger partial charge in [0, 0.05) is 0 Å². The van der Waals surface area contributed by atoms with E-state index in [1.165, 1.54) is 33.3 Å². The van der Waals surface area contributed by atoms with Crippen molar-refractivity contribution in [1.29, 1.82) is 0 Å². The Morgan fingerprint density at radius 3 is 1.33 bits per heavy atom. The molecule has 0 saturated heterocycles. The molecule has 0 bridgehead atoms. The van der Waals surface area contributed by atoms with Crippen LogP contribution in [-0.2, 0) is 16.1 Å². The predicted molar refractivity (Wildman–Crippen MR) is 161 cm³/mol. The van der Waals surface area contributed by atoms with E-state index in [0.717, 1.165) is 0 Å². The van der Waals surface area contributed by atoms with Gasteiger partial charge < -0.3 is 33.2 Å². The summed E-state index contributed by atoms with van der Waals surface area (Å²) in [6.07, 6.45) is 0. The Morgan fingerprint density at radius 1 is 0.535 bits per heavy atom. The van der Waals surface area contributed by atoms with Crippen molar-refractivity contribution in [3.8, 4) is 40.2 Å². The third kappa shape index (κ3) is 6.18. The fraction of sp³-hybridized carbons (Fsp3) is 0.333. The zero-order valence-corrected chi connectivity index (χ0v) is 25.6. The first-order valence-electron chi connectivity index (χ1n) is 14.0. The maximum Gasteiger partial charge on any atom is 0.262 e. The van der Waals surface area contributed by atoms with Crippen molar-refractivity contribution in [3.63, 3.8) is 0 Å². The number of ether oxygens (including phenoxy) is 7. The highest BCUT2D eigenvalue weighted by Crippen LogP contribution is 2.43. The second-order valence-corrected chi connectivity index (χ2v) is 9.31. The molecule has 0 atom stereocenters. The number of imide groups is 1. The van der Waals surface area contributed by atoms with Crippen LogP contribution >= 0.6 is 0 Å². The van der Waals surface area contributed by atoms with Crippen molar-refractivity contribution in [2.45, 2.75) is 27.3 Å². The first kappa shape index (κ1) is 31.1. The lowest BCUT2D eigenvalue weighted by molar-refractivity contribution is -0.136. The van der Waals surface area contributed by atoms with Gasteiger partial charge in [-0.25, -0.2) is 0 Å². The fourth-order valence-electron chi connectivity index (χ4n) is 4.96. The summed E-state index contributed by atoms with van der Waals surface area (Å²) in [7, 11) is 6.08. The van der Waals surface area contributed by atoms with E-state index in [1.807, 2.05) is 20.8 Å². The van der Waals surface area contributed by atoms with Gasteiger partial charge in [-0.05, 0) is 73.9 Å². The van der Waals surface area contributed by atoms with Crippen molar-refractivity contribution in [2.24, 2.45) is 0 Å².